The van der Waals surface area contributed by atoms with Crippen molar-refractivity contribution >= 4 is 17.4 Å². The van der Waals surface area contributed by atoms with Gasteiger partial charge in [0.15, 0.2) is 5.78 Å². The highest BCUT2D eigenvalue weighted by Crippen LogP contribution is 2.37. The molecule has 0 radical (unpaired) electrons. The van der Waals surface area contributed by atoms with Crippen LogP contribution < -0.4 is 4.74 Å². The molecule has 2 aromatic rings. The third-order valence-electron chi connectivity index (χ3n) is 3.66. The van der Waals surface area contributed by atoms with Gasteiger partial charge in [-0.2, -0.15) is 0 Å². The summed E-state index contributed by atoms with van der Waals surface area (Å²) in [7, 11) is 0. The number of carbonyl (C=O) groups excluding carboxylic acids is 1. The van der Waals surface area contributed by atoms with Gasteiger partial charge < -0.3 is 4.74 Å². The number of Topliss-reactive ketones (excluding diaryl/α,β-unsaturated/α-hetero) is 1. The van der Waals surface area contributed by atoms with Crippen molar-refractivity contribution in [3.8, 4) is 5.75 Å². The molecule has 1 atom stereocenters. The van der Waals surface area contributed by atoms with E-state index in [9.17, 15) is 4.79 Å². The van der Waals surface area contributed by atoms with Crippen LogP contribution in [0.25, 0.3) is 0 Å². The number of fused-ring (bicyclic) bond motifs is 1. The Kier molecular flexibility index (Phi) is 3.49. The molecule has 0 N–H and O–H groups in total. The molecule has 0 amide bonds. The van der Waals surface area contributed by atoms with E-state index in [1.54, 1.807) is 18.2 Å². The molecule has 0 fully saturated rings. The highest BCUT2D eigenvalue weighted by atomic mass is 35.5. The minimum absolute atomic E-state index is 0.0876. The van der Waals surface area contributed by atoms with Crippen LogP contribution in [0.15, 0.2) is 42.5 Å². The van der Waals surface area contributed by atoms with E-state index in [-0.39, 0.29) is 11.9 Å². The fraction of sp³-hybridized carbons (Fsp3) is 0.235. The highest BCUT2D eigenvalue weighted by Gasteiger charge is 2.28. The average Bonchev–Trinajstić information content (AvgIpc) is 2.47. The zero-order chi connectivity index (χ0) is 14.1. The summed E-state index contributed by atoms with van der Waals surface area (Å²) in [5.74, 6) is 0.714. The zero-order valence-electron chi connectivity index (χ0n) is 11.2. The lowest BCUT2D eigenvalue weighted by Crippen LogP contribution is -2.21. The van der Waals surface area contributed by atoms with E-state index in [1.165, 1.54) is 5.56 Å². The molecule has 3 rings (SSSR count). The standard InChI is InChI=1S/C17H15ClO2/c1-2-11-5-3-4-6-13(11)17-10-15(19)14-9-12(18)7-8-16(14)20-17/h3-9,17H,2,10H2,1H3. The van der Waals surface area contributed by atoms with Gasteiger partial charge >= 0.3 is 0 Å². The fourth-order valence-corrected chi connectivity index (χ4v) is 2.81. The van der Waals surface area contributed by atoms with Crippen molar-refractivity contribution < 1.29 is 9.53 Å². The molecule has 0 bridgehead atoms. The van der Waals surface area contributed by atoms with Crippen molar-refractivity contribution in [3.05, 3.63) is 64.2 Å². The summed E-state index contributed by atoms with van der Waals surface area (Å²) in [5.41, 5.74) is 2.91. The number of halogens is 1. The third-order valence-corrected chi connectivity index (χ3v) is 3.90. The third kappa shape index (κ3) is 2.32. The predicted molar refractivity (Wildman–Crippen MR) is 79.6 cm³/mol. The van der Waals surface area contributed by atoms with Crippen LogP contribution in [0, 0.1) is 0 Å². The van der Waals surface area contributed by atoms with Crippen LogP contribution in [-0.2, 0) is 6.42 Å². The SMILES string of the molecule is CCc1ccccc1C1CC(=O)c2cc(Cl)ccc2O1. The summed E-state index contributed by atoms with van der Waals surface area (Å²) in [6.07, 6.45) is 1.09. The molecular weight excluding hydrogens is 272 g/mol. The highest BCUT2D eigenvalue weighted by molar-refractivity contribution is 6.31. The maximum Gasteiger partial charge on any atom is 0.170 e. The number of ketones is 1. The van der Waals surface area contributed by atoms with Gasteiger partial charge in [0, 0.05) is 5.02 Å². The summed E-state index contributed by atoms with van der Waals surface area (Å²) in [4.78, 5) is 12.3. The van der Waals surface area contributed by atoms with E-state index in [0.717, 1.165) is 12.0 Å². The Bertz CT molecular complexity index is 664. The molecule has 0 spiro atoms. The molecule has 102 valence electrons. The maximum atomic E-state index is 12.3. The van der Waals surface area contributed by atoms with E-state index in [4.69, 9.17) is 16.3 Å². The number of hydrogen-bond acceptors (Lipinski definition) is 2. The lowest BCUT2D eigenvalue weighted by Gasteiger charge is -2.27. The second-order valence-electron chi connectivity index (χ2n) is 4.93. The van der Waals surface area contributed by atoms with E-state index in [2.05, 4.69) is 13.0 Å². The second kappa shape index (κ2) is 5.29. The van der Waals surface area contributed by atoms with Crippen LogP contribution in [0.5, 0.6) is 5.75 Å². The second-order valence-corrected chi connectivity index (χ2v) is 5.36. The number of carbonyl (C=O) groups is 1. The Hall–Kier alpha value is -1.80. The first-order chi connectivity index (χ1) is 9.69. The van der Waals surface area contributed by atoms with Crippen LogP contribution in [0.1, 0.15) is 40.9 Å². The zero-order valence-corrected chi connectivity index (χ0v) is 12.0. The van der Waals surface area contributed by atoms with Crippen LogP contribution in [0.4, 0.5) is 0 Å². The van der Waals surface area contributed by atoms with Gasteiger partial charge in [0.05, 0.1) is 12.0 Å². The number of rotatable bonds is 2. The summed E-state index contributed by atoms with van der Waals surface area (Å²) >= 11 is 5.94. The Morgan fingerprint density at radius 2 is 2.05 bits per heavy atom. The molecule has 0 saturated heterocycles. The molecule has 1 heterocycles. The number of aryl methyl sites for hydroxylation is 1. The van der Waals surface area contributed by atoms with Crippen molar-refractivity contribution in [3.63, 3.8) is 0 Å². The first-order valence-electron chi connectivity index (χ1n) is 6.76. The van der Waals surface area contributed by atoms with Gasteiger partial charge in [0.1, 0.15) is 11.9 Å². The Labute approximate surface area is 123 Å². The largest absolute Gasteiger partial charge is 0.484 e. The van der Waals surface area contributed by atoms with Gasteiger partial charge in [0.2, 0.25) is 0 Å². The smallest absolute Gasteiger partial charge is 0.170 e. The van der Waals surface area contributed by atoms with Crippen molar-refractivity contribution in [2.75, 3.05) is 0 Å². The number of benzene rings is 2. The molecule has 1 aliphatic heterocycles. The molecule has 2 aromatic carbocycles. The summed E-state index contributed by atoms with van der Waals surface area (Å²) < 4.78 is 6.01. The van der Waals surface area contributed by atoms with Gasteiger partial charge in [0.25, 0.3) is 0 Å². The van der Waals surface area contributed by atoms with E-state index in [0.29, 0.717) is 22.8 Å². The van der Waals surface area contributed by atoms with Gasteiger partial charge in [-0.1, -0.05) is 42.8 Å². The van der Waals surface area contributed by atoms with Gasteiger partial charge in [-0.3, -0.25) is 4.79 Å². The summed E-state index contributed by atoms with van der Waals surface area (Å²) in [6, 6.07) is 13.3. The minimum Gasteiger partial charge on any atom is -0.484 e. The van der Waals surface area contributed by atoms with Crippen molar-refractivity contribution in [2.24, 2.45) is 0 Å². The number of hydrogen-bond donors (Lipinski definition) is 0. The van der Waals surface area contributed by atoms with Gasteiger partial charge in [-0.05, 0) is 35.7 Å². The molecule has 2 nitrogen and oxygen atoms in total. The Balaban J connectivity index is 1.99. The molecule has 1 aliphatic rings. The Morgan fingerprint density at radius 3 is 2.85 bits per heavy atom. The lowest BCUT2D eigenvalue weighted by atomic mass is 9.93. The quantitative estimate of drug-likeness (QED) is 0.806. The van der Waals surface area contributed by atoms with Crippen LogP contribution >= 0.6 is 11.6 Å². The molecule has 0 aliphatic carbocycles. The molecule has 20 heavy (non-hydrogen) atoms. The van der Waals surface area contributed by atoms with Gasteiger partial charge in [-0.25, -0.2) is 0 Å². The molecule has 1 unspecified atom stereocenters. The van der Waals surface area contributed by atoms with E-state index >= 15 is 0 Å². The topological polar surface area (TPSA) is 26.3 Å². The van der Waals surface area contributed by atoms with Crippen LogP contribution in [-0.4, -0.2) is 5.78 Å². The first kappa shape index (κ1) is 13.2. The first-order valence-corrected chi connectivity index (χ1v) is 7.14. The fourth-order valence-electron chi connectivity index (χ4n) is 2.64. The Morgan fingerprint density at radius 1 is 1.25 bits per heavy atom. The monoisotopic (exact) mass is 286 g/mol. The number of ether oxygens (including phenoxy) is 1. The van der Waals surface area contributed by atoms with Crippen molar-refractivity contribution in [1.29, 1.82) is 0 Å². The minimum atomic E-state index is -0.202. The van der Waals surface area contributed by atoms with Crippen molar-refractivity contribution in [2.45, 2.75) is 25.9 Å². The summed E-state index contributed by atoms with van der Waals surface area (Å²) in [5, 5.41) is 0.563. The van der Waals surface area contributed by atoms with E-state index in [1.807, 2.05) is 18.2 Å². The van der Waals surface area contributed by atoms with Crippen LogP contribution in [0.3, 0.4) is 0 Å². The van der Waals surface area contributed by atoms with Crippen molar-refractivity contribution in [1.82, 2.24) is 0 Å². The molecule has 3 heteroatoms. The molecular formula is C17H15ClO2. The predicted octanol–water partition coefficient (Wildman–Crippen LogP) is 4.61. The lowest BCUT2D eigenvalue weighted by molar-refractivity contribution is 0.0849. The van der Waals surface area contributed by atoms with E-state index < -0.39 is 0 Å². The van der Waals surface area contributed by atoms with Gasteiger partial charge in [-0.15, -0.1) is 0 Å². The summed E-state index contributed by atoms with van der Waals surface area (Å²) in [6.45, 7) is 2.11. The molecule has 0 saturated carbocycles. The average molecular weight is 287 g/mol. The molecule has 0 aromatic heterocycles. The maximum absolute atomic E-state index is 12.3. The normalized spacial score (nSPS) is 17.5. The van der Waals surface area contributed by atoms with Crippen LogP contribution in [0.2, 0.25) is 5.02 Å².